The first kappa shape index (κ1) is 5.62. The molecule has 0 aliphatic heterocycles. The highest BCUT2D eigenvalue weighted by atomic mass is 16.8. The predicted molar refractivity (Wildman–Crippen MR) is 20.8 cm³/mol. The molecule has 0 saturated heterocycles. The fraction of sp³-hybridized carbons (Fsp3) is 0.333. The Morgan fingerprint density at radius 3 is 2.17 bits per heavy atom. The average Bonchev–Trinajstić information content (AvgIpc) is 1.35. The standard InChI is InChI=1S/C3H7NO2/c1-2-3-4(5)6/h2,5-6H,1,3H2/q+1. The van der Waals surface area contributed by atoms with Gasteiger partial charge in [0.05, 0.1) is 0 Å². The third-order valence-electron chi connectivity index (χ3n) is 0.292. The van der Waals surface area contributed by atoms with Crippen LogP contribution in [0, 0.1) is 0 Å². The van der Waals surface area contributed by atoms with Crippen molar-refractivity contribution in [1.29, 1.82) is 0 Å². The fourth-order valence-corrected chi connectivity index (χ4v) is 0.115. The van der Waals surface area contributed by atoms with Crippen LogP contribution >= 0.6 is 0 Å². The number of rotatable bonds is 2. The SMILES string of the molecule is C=CC[N+](O)O. The van der Waals surface area contributed by atoms with Crippen molar-refractivity contribution in [2.75, 3.05) is 6.54 Å². The van der Waals surface area contributed by atoms with E-state index in [0.29, 0.717) is 0 Å². The first-order chi connectivity index (χ1) is 2.77. The van der Waals surface area contributed by atoms with Gasteiger partial charge in [-0.15, -0.1) is 10.4 Å². The van der Waals surface area contributed by atoms with Gasteiger partial charge in [-0.1, -0.05) is 6.58 Å². The average molecular weight is 89.1 g/mol. The van der Waals surface area contributed by atoms with Crippen molar-refractivity contribution in [2.24, 2.45) is 0 Å². The summed E-state index contributed by atoms with van der Waals surface area (Å²) < 4.78 is 0. The lowest BCUT2D eigenvalue weighted by Gasteiger charge is -1.79. The summed E-state index contributed by atoms with van der Waals surface area (Å²) in [5, 5.41) is 15.8. The minimum atomic E-state index is 0.0625. The Kier molecular flexibility index (Phi) is 2.66. The number of hydrogen-bond donors (Lipinski definition) is 2. The molecule has 0 atom stereocenters. The van der Waals surface area contributed by atoms with Crippen molar-refractivity contribution in [2.45, 2.75) is 0 Å². The molecule has 0 aliphatic carbocycles. The molecular formula is C3H7NO2+. The Balaban J connectivity index is 2.81. The number of hydrogen-bond acceptors (Lipinski definition) is 3. The van der Waals surface area contributed by atoms with Gasteiger partial charge in [0.2, 0.25) is 6.54 Å². The van der Waals surface area contributed by atoms with E-state index in [2.05, 4.69) is 6.58 Å². The van der Waals surface area contributed by atoms with Crippen LogP contribution in [0.2, 0.25) is 0 Å². The van der Waals surface area contributed by atoms with Gasteiger partial charge in [-0.05, 0) is 6.08 Å². The van der Waals surface area contributed by atoms with E-state index in [1.807, 2.05) is 0 Å². The molecule has 0 aromatic carbocycles. The van der Waals surface area contributed by atoms with E-state index in [1.54, 1.807) is 0 Å². The van der Waals surface area contributed by atoms with Crippen LogP contribution in [0.15, 0.2) is 12.7 Å². The van der Waals surface area contributed by atoms with Crippen LogP contribution in [0.25, 0.3) is 0 Å². The number of nitrogens with zero attached hydrogens (tertiary/aromatic N) is 1. The Labute approximate surface area is 36.0 Å². The first-order valence-electron chi connectivity index (χ1n) is 1.53. The quantitative estimate of drug-likeness (QED) is 0.372. The highest BCUT2D eigenvalue weighted by Crippen LogP contribution is 1.63. The minimum Gasteiger partial charge on any atom is -0.124 e. The molecule has 35 valence electrons. The highest BCUT2D eigenvalue weighted by molar-refractivity contribution is 4.66. The minimum absolute atomic E-state index is 0.0625. The molecule has 0 amide bonds. The van der Waals surface area contributed by atoms with Crippen molar-refractivity contribution < 1.29 is 10.4 Å². The van der Waals surface area contributed by atoms with E-state index >= 15 is 0 Å². The summed E-state index contributed by atoms with van der Waals surface area (Å²) in [6.07, 6.45) is 1.38. The van der Waals surface area contributed by atoms with E-state index in [-0.39, 0.29) is 11.8 Å². The molecule has 2 N–H and O–H groups in total. The van der Waals surface area contributed by atoms with Crippen LogP contribution in [0.5, 0.6) is 0 Å². The normalized spacial score (nSPS) is 9.17. The van der Waals surface area contributed by atoms with Gasteiger partial charge in [-0.25, -0.2) is 0 Å². The Hall–Kier alpha value is -0.380. The molecule has 0 heterocycles. The second-order valence-corrected chi connectivity index (χ2v) is 0.844. The fourth-order valence-electron chi connectivity index (χ4n) is 0.115. The van der Waals surface area contributed by atoms with Gasteiger partial charge in [-0.2, -0.15) is 0 Å². The van der Waals surface area contributed by atoms with Gasteiger partial charge in [0, 0.05) is 0 Å². The van der Waals surface area contributed by atoms with Gasteiger partial charge in [-0.3, -0.25) is 0 Å². The maximum absolute atomic E-state index is 7.87. The van der Waals surface area contributed by atoms with Crippen LogP contribution < -0.4 is 5.23 Å². The molecule has 0 bridgehead atoms. The second kappa shape index (κ2) is 2.84. The smallest absolute Gasteiger partial charge is 0.124 e. The van der Waals surface area contributed by atoms with Crippen molar-refractivity contribution in [3.8, 4) is 0 Å². The molecule has 0 unspecified atom stereocenters. The summed E-state index contributed by atoms with van der Waals surface area (Å²) >= 11 is 0. The maximum Gasteiger partial charge on any atom is 0.219 e. The monoisotopic (exact) mass is 89.0 g/mol. The van der Waals surface area contributed by atoms with Crippen molar-refractivity contribution in [3.63, 3.8) is 0 Å². The molecule has 0 saturated carbocycles. The van der Waals surface area contributed by atoms with Crippen molar-refractivity contribution in [1.82, 2.24) is 5.23 Å². The highest BCUT2D eigenvalue weighted by Gasteiger charge is 1.97. The maximum atomic E-state index is 7.87. The zero-order chi connectivity index (χ0) is 4.99. The predicted octanol–water partition coefficient (Wildman–Crippen LogP) is 0.0909. The molecule has 0 rings (SSSR count). The largest absolute Gasteiger partial charge is 0.219 e. The molecule has 0 aromatic heterocycles. The van der Waals surface area contributed by atoms with E-state index in [0.717, 1.165) is 0 Å². The summed E-state index contributed by atoms with van der Waals surface area (Å²) in [5.74, 6) is 0. The van der Waals surface area contributed by atoms with Gasteiger partial charge in [0.1, 0.15) is 0 Å². The van der Waals surface area contributed by atoms with Crippen LogP contribution in [0.1, 0.15) is 0 Å². The Morgan fingerprint density at radius 1 is 1.67 bits per heavy atom. The molecular weight excluding hydrogens is 82.0 g/mol. The first-order valence-corrected chi connectivity index (χ1v) is 1.53. The lowest BCUT2D eigenvalue weighted by molar-refractivity contribution is -0.197. The third-order valence-corrected chi connectivity index (χ3v) is 0.292. The zero-order valence-electron chi connectivity index (χ0n) is 3.33. The second-order valence-electron chi connectivity index (χ2n) is 0.844. The molecule has 0 aliphatic rings. The topological polar surface area (TPSA) is 46.4 Å². The van der Waals surface area contributed by atoms with Crippen LogP contribution in [0.3, 0.4) is 0 Å². The Bertz CT molecular complexity index is 44.1. The van der Waals surface area contributed by atoms with Crippen molar-refractivity contribution in [3.05, 3.63) is 12.7 Å². The molecule has 6 heavy (non-hydrogen) atoms. The summed E-state index contributed by atoms with van der Waals surface area (Å²) in [5.41, 5.74) is 0. The van der Waals surface area contributed by atoms with Crippen LogP contribution in [-0.4, -0.2) is 17.0 Å². The molecule has 0 fully saturated rings. The van der Waals surface area contributed by atoms with Crippen LogP contribution in [-0.2, 0) is 0 Å². The molecule has 3 nitrogen and oxygen atoms in total. The lowest BCUT2D eigenvalue weighted by Crippen LogP contribution is -2.19. The van der Waals surface area contributed by atoms with E-state index in [4.69, 9.17) is 10.4 Å². The van der Waals surface area contributed by atoms with Gasteiger partial charge in [0.25, 0.3) is 0 Å². The van der Waals surface area contributed by atoms with E-state index in [9.17, 15) is 0 Å². The number of hydroxylamine groups is 2. The van der Waals surface area contributed by atoms with Gasteiger partial charge in [0.15, 0.2) is 5.23 Å². The molecule has 0 spiro atoms. The summed E-state index contributed by atoms with van der Waals surface area (Å²) in [4.78, 5) is 0. The van der Waals surface area contributed by atoms with Crippen molar-refractivity contribution >= 4 is 0 Å². The molecule has 3 heteroatoms. The molecule has 1 radical (unpaired) electrons. The van der Waals surface area contributed by atoms with E-state index in [1.165, 1.54) is 6.08 Å². The van der Waals surface area contributed by atoms with Gasteiger partial charge < -0.3 is 0 Å². The van der Waals surface area contributed by atoms with Gasteiger partial charge >= 0.3 is 0 Å². The third kappa shape index (κ3) is 3.62. The molecule has 0 aromatic rings. The summed E-state index contributed by atoms with van der Waals surface area (Å²) in [7, 11) is 0. The van der Waals surface area contributed by atoms with E-state index < -0.39 is 0 Å². The summed E-state index contributed by atoms with van der Waals surface area (Å²) in [6.45, 7) is 3.32. The Morgan fingerprint density at radius 2 is 2.17 bits per heavy atom. The summed E-state index contributed by atoms with van der Waals surface area (Å²) in [6, 6.07) is 0. The zero-order valence-corrected chi connectivity index (χ0v) is 3.33. The lowest BCUT2D eigenvalue weighted by atomic mass is 10.7. The van der Waals surface area contributed by atoms with Crippen LogP contribution in [0.4, 0.5) is 0 Å².